The molecule has 0 amide bonds. The van der Waals surface area contributed by atoms with Crippen LogP contribution in [0.2, 0.25) is 0 Å². The zero-order valence-corrected chi connectivity index (χ0v) is 7.65. The molecule has 0 atom stereocenters. The fourth-order valence-corrected chi connectivity index (χ4v) is 0. The summed E-state index contributed by atoms with van der Waals surface area (Å²) in [7, 11) is 0. The van der Waals surface area contributed by atoms with E-state index >= 15 is 0 Å². The largest absolute Gasteiger partial charge is 2.00 e. The molecular weight excluding hydrogens is 167 g/mol. The van der Waals surface area contributed by atoms with E-state index in [-0.39, 0.29) is 97.8 Å². The normalized spacial score (nSPS) is 0. The van der Waals surface area contributed by atoms with Crippen molar-refractivity contribution in [1.82, 2.24) is 0 Å². The Balaban J connectivity index is 0. The van der Waals surface area contributed by atoms with Gasteiger partial charge in [-0.2, -0.15) is 0 Å². The second-order valence-electron chi connectivity index (χ2n) is 0. The molecule has 0 saturated heterocycles. The molecule has 0 aliphatic heterocycles. The molecular formula is H6BaLi2O. The van der Waals surface area contributed by atoms with Crippen molar-refractivity contribution in [2.75, 3.05) is 0 Å². The van der Waals surface area contributed by atoms with E-state index in [0.717, 1.165) is 0 Å². The van der Waals surface area contributed by atoms with E-state index in [0.29, 0.717) is 0 Å². The first-order valence-corrected chi connectivity index (χ1v) is 0. The minimum absolute atomic E-state index is 0. The van der Waals surface area contributed by atoms with E-state index in [4.69, 9.17) is 0 Å². The molecule has 0 aromatic carbocycles. The smallest absolute Gasteiger partial charge is 1.00 e. The molecule has 0 unspecified atom stereocenters. The van der Waals surface area contributed by atoms with Crippen molar-refractivity contribution < 1.29 is 48.9 Å². The van der Waals surface area contributed by atoms with Gasteiger partial charge in [-0.1, -0.05) is 0 Å². The summed E-state index contributed by atoms with van der Waals surface area (Å²) in [5.74, 6) is 0. The SMILES string of the molecule is O.[Ba+2].[H-].[H-].[H-].[H-].[Li+].[Li+]. The summed E-state index contributed by atoms with van der Waals surface area (Å²) in [5.41, 5.74) is 0. The zero-order chi connectivity index (χ0) is 0. The van der Waals surface area contributed by atoms with Gasteiger partial charge >= 0.3 is 86.6 Å². The Labute approximate surface area is 96.0 Å². The Bertz CT molecular complexity index is 14.0. The number of rotatable bonds is 0. The van der Waals surface area contributed by atoms with Gasteiger partial charge in [0.1, 0.15) is 0 Å². The Hall–Kier alpha value is 2.73. The quantitative estimate of drug-likeness (QED) is 0.326. The van der Waals surface area contributed by atoms with Gasteiger partial charge in [0.05, 0.1) is 0 Å². The van der Waals surface area contributed by atoms with Crippen LogP contribution in [0.1, 0.15) is 5.71 Å². The monoisotopic (exact) mass is 174 g/mol. The zero-order valence-electron chi connectivity index (χ0n) is 7.21. The van der Waals surface area contributed by atoms with Gasteiger partial charge in [-0.15, -0.1) is 0 Å². The minimum Gasteiger partial charge on any atom is -1.00 e. The van der Waals surface area contributed by atoms with E-state index in [9.17, 15) is 0 Å². The third kappa shape index (κ3) is 8.83. The van der Waals surface area contributed by atoms with Crippen LogP contribution in [0.15, 0.2) is 0 Å². The Kier molecular flexibility index (Phi) is 128. The van der Waals surface area contributed by atoms with Gasteiger partial charge in [0, 0.05) is 0 Å². The van der Waals surface area contributed by atoms with Gasteiger partial charge in [-0.25, -0.2) is 0 Å². The average molecular weight is 173 g/mol. The van der Waals surface area contributed by atoms with Gasteiger partial charge in [-0.3, -0.25) is 0 Å². The average Bonchev–Trinajstić information content (AvgIpc) is 0. The van der Waals surface area contributed by atoms with E-state index in [1.165, 1.54) is 0 Å². The van der Waals surface area contributed by atoms with Gasteiger partial charge in [0.15, 0.2) is 0 Å². The molecule has 0 spiro atoms. The molecule has 0 rings (SSSR count). The molecule has 0 radical (unpaired) electrons. The van der Waals surface area contributed by atoms with Crippen LogP contribution in [0.5, 0.6) is 0 Å². The maximum atomic E-state index is 0. The van der Waals surface area contributed by atoms with Crippen molar-refractivity contribution in [2.24, 2.45) is 0 Å². The molecule has 16 valence electrons. The first-order valence-electron chi connectivity index (χ1n) is 0. The molecule has 4 heavy (non-hydrogen) atoms. The second kappa shape index (κ2) is 17.2. The maximum absolute atomic E-state index is 0. The van der Waals surface area contributed by atoms with Crippen LogP contribution in [-0.4, -0.2) is 54.4 Å². The van der Waals surface area contributed by atoms with Crippen LogP contribution < -0.4 is 37.7 Å². The molecule has 4 heteroatoms. The van der Waals surface area contributed by atoms with Gasteiger partial charge < -0.3 is 11.2 Å². The first-order chi connectivity index (χ1) is 0. The molecule has 1 nitrogen and oxygen atoms in total. The van der Waals surface area contributed by atoms with Crippen molar-refractivity contribution in [3.63, 3.8) is 0 Å². The Morgan fingerprint density at radius 2 is 1.00 bits per heavy atom. The summed E-state index contributed by atoms with van der Waals surface area (Å²) in [6.45, 7) is 0. The summed E-state index contributed by atoms with van der Waals surface area (Å²) in [6, 6.07) is 0. The van der Waals surface area contributed by atoms with E-state index in [2.05, 4.69) is 0 Å². The standard InChI is InChI=1S/Ba.2Li.H2O.4H/h;;;1H2;;;;/q+2;2*+1;;4*-1. The van der Waals surface area contributed by atoms with Crippen molar-refractivity contribution in [3.05, 3.63) is 0 Å². The van der Waals surface area contributed by atoms with Crippen LogP contribution in [0.3, 0.4) is 0 Å². The molecule has 0 aliphatic carbocycles. The van der Waals surface area contributed by atoms with Gasteiger partial charge in [0.25, 0.3) is 0 Å². The van der Waals surface area contributed by atoms with E-state index in [1.807, 2.05) is 0 Å². The third-order valence-electron chi connectivity index (χ3n) is 0. The summed E-state index contributed by atoms with van der Waals surface area (Å²) in [6.07, 6.45) is 0. The maximum Gasteiger partial charge on any atom is 2.00 e. The molecule has 0 bridgehead atoms. The summed E-state index contributed by atoms with van der Waals surface area (Å²) in [4.78, 5) is 0. The molecule has 0 aliphatic rings. The van der Waals surface area contributed by atoms with Crippen molar-refractivity contribution in [2.45, 2.75) is 0 Å². The predicted molar refractivity (Wildman–Crippen MR) is 13.8 cm³/mol. The molecule has 0 heterocycles. The first kappa shape index (κ1) is 29.7. The van der Waals surface area contributed by atoms with Crippen LogP contribution >= 0.6 is 0 Å². The minimum atomic E-state index is 0. The second-order valence-corrected chi connectivity index (χ2v) is 0. The summed E-state index contributed by atoms with van der Waals surface area (Å²) < 4.78 is 0. The van der Waals surface area contributed by atoms with Gasteiger partial charge in [-0.05, 0) is 0 Å². The topological polar surface area (TPSA) is 31.5 Å². The van der Waals surface area contributed by atoms with Gasteiger partial charge in [0.2, 0.25) is 0 Å². The van der Waals surface area contributed by atoms with Crippen LogP contribution in [0.25, 0.3) is 0 Å². The van der Waals surface area contributed by atoms with Crippen LogP contribution in [0, 0.1) is 0 Å². The molecule has 2 N–H and O–H groups in total. The molecule has 0 aromatic heterocycles. The molecule has 0 saturated carbocycles. The third-order valence-corrected chi connectivity index (χ3v) is 0. The fraction of sp³-hybridized carbons (Fsp3) is 0. The van der Waals surface area contributed by atoms with Crippen molar-refractivity contribution in [3.8, 4) is 0 Å². The number of hydrogen-bond acceptors (Lipinski definition) is 0. The van der Waals surface area contributed by atoms with E-state index < -0.39 is 0 Å². The summed E-state index contributed by atoms with van der Waals surface area (Å²) >= 11 is 0. The Morgan fingerprint density at radius 3 is 1.00 bits per heavy atom. The van der Waals surface area contributed by atoms with Crippen LogP contribution in [0.4, 0.5) is 0 Å². The fourth-order valence-electron chi connectivity index (χ4n) is 0. The van der Waals surface area contributed by atoms with Crippen LogP contribution in [-0.2, 0) is 0 Å². The molecule has 0 aromatic rings. The number of hydrogen-bond donors (Lipinski definition) is 0. The molecule has 0 fully saturated rings. The van der Waals surface area contributed by atoms with E-state index in [1.54, 1.807) is 0 Å². The predicted octanol–water partition coefficient (Wildman–Crippen LogP) is -6.75. The van der Waals surface area contributed by atoms with Crippen molar-refractivity contribution in [1.29, 1.82) is 0 Å². The Morgan fingerprint density at radius 1 is 1.00 bits per heavy atom. The summed E-state index contributed by atoms with van der Waals surface area (Å²) in [5, 5.41) is 0. The van der Waals surface area contributed by atoms with Crippen molar-refractivity contribution >= 4 is 48.9 Å².